The van der Waals surface area contributed by atoms with Crippen molar-refractivity contribution in [2.24, 2.45) is 0 Å². The molecule has 1 fully saturated rings. The quantitative estimate of drug-likeness (QED) is 0.900. The maximum absolute atomic E-state index is 12.2. The molecule has 0 aromatic heterocycles. The number of nitrogens with one attached hydrogen (secondary N) is 1. The molecule has 112 valence electrons. The van der Waals surface area contributed by atoms with Crippen molar-refractivity contribution in [1.82, 2.24) is 4.72 Å². The van der Waals surface area contributed by atoms with Crippen molar-refractivity contribution < 1.29 is 8.95 Å². The first-order chi connectivity index (χ1) is 9.32. The third kappa shape index (κ3) is 3.61. The zero-order chi connectivity index (χ0) is 14.9. The van der Waals surface area contributed by atoms with Crippen LogP contribution in [0.25, 0.3) is 0 Å². The first kappa shape index (κ1) is 15.5. The molecule has 1 N–H and O–H groups in total. The van der Waals surface area contributed by atoms with Crippen LogP contribution < -0.4 is 9.46 Å². The van der Waals surface area contributed by atoms with E-state index in [1.807, 2.05) is 26.8 Å². The number of benzene rings is 1. The molecule has 0 spiro atoms. The van der Waals surface area contributed by atoms with E-state index in [0.717, 1.165) is 5.75 Å². The average Bonchev–Trinajstić information content (AvgIpc) is 3.21. The maximum Gasteiger partial charge on any atom is 0.122 e. The van der Waals surface area contributed by atoms with Gasteiger partial charge in [0.15, 0.2) is 0 Å². The fraction of sp³-hybridized carbons (Fsp3) is 0.625. The summed E-state index contributed by atoms with van der Waals surface area (Å²) in [6.45, 7) is 7.99. The van der Waals surface area contributed by atoms with Gasteiger partial charge in [-0.3, -0.25) is 0 Å². The van der Waals surface area contributed by atoms with Gasteiger partial charge < -0.3 is 4.74 Å². The predicted octanol–water partition coefficient (Wildman–Crippen LogP) is 3.69. The zero-order valence-corrected chi connectivity index (χ0v) is 13.8. The van der Waals surface area contributed by atoms with Gasteiger partial charge in [0.25, 0.3) is 0 Å². The van der Waals surface area contributed by atoms with Crippen molar-refractivity contribution in [2.45, 2.75) is 57.2 Å². The van der Waals surface area contributed by atoms with Gasteiger partial charge in [-0.2, -0.15) is 0 Å². The third-order valence-electron chi connectivity index (χ3n) is 3.61. The van der Waals surface area contributed by atoms with E-state index in [1.165, 1.54) is 24.0 Å². The van der Waals surface area contributed by atoms with Crippen LogP contribution in [0, 0.1) is 0 Å². The molecule has 1 aliphatic rings. The summed E-state index contributed by atoms with van der Waals surface area (Å²) in [5.74, 6) is 1.62. The van der Waals surface area contributed by atoms with Crippen LogP contribution >= 0.6 is 0 Å². The second-order valence-corrected chi connectivity index (χ2v) is 8.49. The van der Waals surface area contributed by atoms with Gasteiger partial charge in [-0.1, -0.05) is 12.1 Å². The van der Waals surface area contributed by atoms with Crippen molar-refractivity contribution >= 4 is 11.0 Å². The summed E-state index contributed by atoms with van der Waals surface area (Å²) in [5, 5.41) is 0. The normalized spacial score (nSPS) is 18.6. The van der Waals surface area contributed by atoms with Crippen molar-refractivity contribution in [3.8, 4) is 5.75 Å². The second kappa shape index (κ2) is 5.86. The van der Waals surface area contributed by atoms with Crippen molar-refractivity contribution in [3.05, 3.63) is 29.3 Å². The standard InChI is InChI=1S/C16H25NO2S/c1-11(17-20(18)16(2,3)4)13-8-9-15(19-5)14(10-13)12-6-7-12/h8-12,17H,6-7H2,1-5H3/t11?,20-/m0/s1. The van der Waals surface area contributed by atoms with Crippen LogP contribution in [0.4, 0.5) is 0 Å². The maximum atomic E-state index is 12.2. The van der Waals surface area contributed by atoms with Gasteiger partial charge in [0, 0.05) is 6.04 Å². The Morgan fingerprint density at radius 1 is 1.35 bits per heavy atom. The van der Waals surface area contributed by atoms with Gasteiger partial charge in [0.05, 0.1) is 22.8 Å². The van der Waals surface area contributed by atoms with Crippen LogP contribution in [-0.4, -0.2) is 16.1 Å². The van der Waals surface area contributed by atoms with E-state index < -0.39 is 11.0 Å². The topological polar surface area (TPSA) is 38.3 Å². The molecule has 20 heavy (non-hydrogen) atoms. The Balaban J connectivity index is 2.16. The van der Waals surface area contributed by atoms with E-state index in [1.54, 1.807) is 7.11 Å². The predicted molar refractivity (Wildman–Crippen MR) is 84.4 cm³/mol. The lowest BCUT2D eigenvalue weighted by Crippen LogP contribution is -2.34. The van der Waals surface area contributed by atoms with Crippen molar-refractivity contribution in [2.75, 3.05) is 7.11 Å². The highest BCUT2D eigenvalue weighted by atomic mass is 32.2. The molecule has 2 rings (SSSR count). The molecule has 0 aliphatic heterocycles. The Labute approximate surface area is 124 Å². The minimum absolute atomic E-state index is 0.0680. The molecule has 1 aromatic rings. The highest BCUT2D eigenvalue weighted by Crippen LogP contribution is 2.45. The molecular formula is C16H25NO2S. The highest BCUT2D eigenvalue weighted by molar-refractivity contribution is 7.84. The molecule has 0 radical (unpaired) electrons. The Bertz CT molecular complexity index is 504. The van der Waals surface area contributed by atoms with Crippen LogP contribution in [-0.2, 0) is 11.0 Å². The number of rotatable bonds is 5. The van der Waals surface area contributed by atoms with Crippen LogP contribution in [0.3, 0.4) is 0 Å². The first-order valence-corrected chi connectivity index (χ1v) is 8.34. The van der Waals surface area contributed by atoms with Crippen LogP contribution in [0.1, 0.15) is 63.6 Å². The summed E-state index contributed by atoms with van der Waals surface area (Å²) in [7, 11) is 0.661. The van der Waals surface area contributed by atoms with E-state index in [-0.39, 0.29) is 10.8 Å². The van der Waals surface area contributed by atoms with E-state index in [0.29, 0.717) is 5.92 Å². The molecule has 0 heterocycles. The minimum Gasteiger partial charge on any atom is -0.496 e. The Morgan fingerprint density at radius 3 is 2.50 bits per heavy atom. The number of ether oxygens (including phenoxy) is 1. The summed E-state index contributed by atoms with van der Waals surface area (Å²) in [5.41, 5.74) is 2.46. The molecule has 4 heteroatoms. The largest absolute Gasteiger partial charge is 0.496 e. The van der Waals surface area contributed by atoms with Gasteiger partial charge in [-0.05, 0) is 63.6 Å². The molecule has 3 nitrogen and oxygen atoms in total. The second-order valence-electron chi connectivity index (χ2n) is 6.50. The molecule has 0 amide bonds. The van der Waals surface area contributed by atoms with Gasteiger partial charge in [0.2, 0.25) is 0 Å². The smallest absolute Gasteiger partial charge is 0.122 e. The van der Waals surface area contributed by atoms with E-state index >= 15 is 0 Å². The van der Waals surface area contributed by atoms with E-state index in [4.69, 9.17) is 4.74 Å². The van der Waals surface area contributed by atoms with Crippen LogP contribution in [0.5, 0.6) is 5.75 Å². The molecule has 0 saturated heterocycles. The lowest BCUT2D eigenvalue weighted by atomic mass is 10.0. The molecule has 0 bridgehead atoms. The zero-order valence-electron chi connectivity index (χ0n) is 13.0. The average molecular weight is 295 g/mol. The summed E-state index contributed by atoms with van der Waals surface area (Å²) in [4.78, 5) is 0. The van der Waals surface area contributed by atoms with Gasteiger partial charge in [-0.15, -0.1) is 0 Å². The Kier molecular flexibility index (Phi) is 4.55. The van der Waals surface area contributed by atoms with Crippen LogP contribution in [0.2, 0.25) is 0 Å². The first-order valence-electron chi connectivity index (χ1n) is 7.19. The lowest BCUT2D eigenvalue weighted by molar-refractivity contribution is 0.409. The molecule has 1 saturated carbocycles. The summed E-state index contributed by atoms with van der Waals surface area (Å²) < 4.78 is 20.6. The van der Waals surface area contributed by atoms with Gasteiger partial charge in [0.1, 0.15) is 5.75 Å². The minimum atomic E-state index is -1.06. The van der Waals surface area contributed by atoms with E-state index in [9.17, 15) is 4.21 Å². The third-order valence-corrected chi connectivity index (χ3v) is 5.29. The Morgan fingerprint density at radius 2 is 2.00 bits per heavy atom. The number of hydrogen-bond donors (Lipinski definition) is 1. The fourth-order valence-electron chi connectivity index (χ4n) is 2.14. The fourth-order valence-corrected chi connectivity index (χ4v) is 2.95. The lowest BCUT2D eigenvalue weighted by Gasteiger charge is -2.22. The number of methoxy groups -OCH3 is 1. The van der Waals surface area contributed by atoms with Crippen molar-refractivity contribution in [1.29, 1.82) is 0 Å². The molecule has 1 aromatic carbocycles. The highest BCUT2D eigenvalue weighted by Gasteiger charge is 2.28. The summed E-state index contributed by atoms with van der Waals surface area (Å²) in [6, 6.07) is 6.36. The van der Waals surface area contributed by atoms with Gasteiger partial charge >= 0.3 is 0 Å². The van der Waals surface area contributed by atoms with E-state index in [2.05, 4.69) is 23.8 Å². The van der Waals surface area contributed by atoms with Gasteiger partial charge in [-0.25, -0.2) is 8.93 Å². The molecule has 1 unspecified atom stereocenters. The summed E-state index contributed by atoms with van der Waals surface area (Å²) >= 11 is 0. The molecular weight excluding hydrogens is 270 g/mol. The van der Waals surface area contributed by atoms with Crippen molar-refractivity contribution in [3.63, 3.8) is 0 Å². The number of hydrogen-bond acceptors (Lipinski definition) is 2. The van der Waals surface area contributed by atoms with Crippen LogP contribution in [0.15, 0.2) is 18.2 Å². The summed E-state index contributed by atoms with van der Waals surface area (Å²) in [6.07, 6.45) is 2.49. The SMILES string of the molecule is COc1ccc(C(C)N[S@@](=O)C(C)(C)C)cc1C1CC1. The monoisotopic (exact) mass is 295 g/mol. The molecule has 1 aliphatic carbocycles. The Hall–Kier alpha value is -0.870. The molecule has 2 atom stereocenters.